The number of hydrogen-bond donors (Lipinski definition) is 0. The number of unbranched alkanes of at least 4 members (excludes halogenated alkanes) is 1. The number of rotatable bonds is 7. The first-order valence-electron chi connectivity index (χ1n) is 5.53. The lowest BCUT2D eigenvalue weighted by Gasteiger charge is -2.07. The first-order chi connectivity index (χ1) is 7.72. The van der Waals surface area contributed by atoms with Crippen molar-refractivity contribution < 1.29 is 13.7 Å². The van der Waals surface area contributed by atoms with Crippen LogP contribution in [-0.2, 0) is 6.42 Å². The monoisotopic (exact) mass is 229 g/mol. The molecule has 0 atom stereocenters. The first kappa shape index (κ1) is 12.9. The maximum atomic E-state index is 11.9. The molecule has 90 valence electrons. The second kappa shape index (κ2) is 7.17. The summed E-state index contributed by atoms with van der Waals surface area (Å²) in [6, 6.07) is 7.33. The quantitative estimate of drug-likeness (QED) is 0.524. The largest absolute Gasteiger partial charge is 0.494 e. The van der Waals surface area contributed by atoms with Crippen LogP contribution < -0.4 is 4.74 Å². The normalized spacial score (nSPS) is 10.8. The molecule has 1 rings (SSSR count). The average molecular weight is 229 g/mol. The predicted molar refractivity (Wildman–Crippen MR) is 59.5 cm³/mol. The molecule has 1 aromatic rings. The van der Waals surface area contributed by atoms with E-state index in [1.165, 1.54) is 0 Å². The molecule has 0 aliphatic heterocycles. The van der Waals surface area contributed by atoms with Crippen LogP contribution in [0.1, 0.15) is 25.3 Å². The van der Waals surface area contributed by atoms with Crippen molar-refractivity contribution in [3.63, 3.8) is 0 Å². The van der Waals surface area contributed by atoms with Crippen LogP contribution in [0, 0.1) is 0 Å². The van der Waals surface area contributed by atoms with Crippen LogP contribution in [0.4, 0.5) is 8.96 Å². The maximum absolute atomic E-state index is 11.9. The standard InChI is InChI=1S/C12H17F2NO/c1-2-3-9-16-12-6-4-5-11(10-12)7-8-15(13)14/h4-6,10H,2-3,7-9H2,1H3. The summed E-state index contributed by atoms with van der Waals surface area (Å²) in [5.41, 5.74) is 0.870. The van der Waals surface area contributed by atoms with E-state index in [1.54, 1.807) is 0 Å². The number of halogens is 2. The average Bonchev–Trinajstić information content (AvgIpc) is 2.27. The van der Waals surface area contributed by atoms with Crippen molar-refractivity contribution in [3.05, 3.63) is 29.8 Å². The molecule has 0 bridgehead atoms. The third kappa shape index (κ3) is 5.07. The third-order valence-corrected chi connectivity index (χ3v) is 2.23. The van der Waals surface area contributed by atoms with Crippen LogP contribution >= 0.6 is 0 Å². The summed E-state index contributed by atoms with van der Waals surface area (Å²) in [4.78, 5) is 0. The summed E-state index contributed by atoms with van der Waals surface area (Å²) in [6.45, 7) is 2.52. The molecule has 0 unspecified atom stereocenters. The van der Waals surface area contributed by atoms with Gasteiger partial charge in [0.05, 0.1) is 13.2 Å². The fourth-order valence-corrected chi connectivity index (χ4v) is 1.34. The van der Waals surface area contributed by atoms with E-state index in [2.05, 4.69) is 6.92 Å². The van der Waals surface area contributed by atoms with Gasteiger partial charge in [0.1, 0.15) is 5.75 Å². The molecule has 0 saturated heterocycles. The van der Waals surface area contributed by atoms with Crippen LogP contribution in [-0.4, -0.2) is 18.5 Å². The van der Waals surface area contributed by atoms with Crippen molar-refractivity contribution in [1.82, 2.24) is 5.34 Å². The molecule has 0 spiro atoms. The molecule has 1 aromatic carbocycles. The number of hydrogen-bond acceptors (Lipinski definition) is 2. The molecule has 0 aromatic heterocycles. The highest BCUT2D eigenvalue weighted by atomic mass is 19.4. The van der Waals surface area contributed by atoms with Gasteiger partial charge in [-0.2, -0.15) is 0 Å². The van der Waals surface area contributed by atoms with Gasteiger partial charge in [-0.05, 0) is 30.5 Å². The maximum Gasteiger partial charge on any atom is 0.119 e. The van der Waals surface area contributed by atoms with E-state index in [0.29, 0.717) is 13.0 Å². The lowest BCUT2D eigenvalue weighted by Crippen LogP contribution is -2.06. The third-order valence-electron chi connectivity index (χ3n) is 2.23. The molecule has 0 heterocycles. The van der Waals surface area contributed by atoms with Gasteiger partial charge in [0.2, 0.25) is 0 Å². The van der Waals surface area contributed by atoms with Crippen LogP contribution in [0.25, 0.3) is 0 Å². The van der Waals surface area contributed by atoms with Crippen LogP contribution in [0.3, 0.4) is 0 Å². The van der Waals surface area contributed by atoms with Gasteiger partial charge in [0.25, 0.3) is 0 Å². The van der Waals surface area contributed by atoms with Crippen molar-refractivity contribution in [2.75, 3.05) is 13.2 Å². The van der Waals surface area contributed by atoms with E-state index in [9.17, 15) is 8.96 Å². The zero-order valence-corrected chi connectivity index (χ0v) is 9.46. The fourth-order valence-electron chi connectivity index (χ4n) is 1.34. The Morgan fingerprint density at radius 2 is 2.12 bits per heavy atom. The SMILES string of the molecule is CCCCOc1cccc(CCN(F)F)c1. The molecule has 0 aliphatic rings. The molecule has 2 nitrogen and oxygen atoms in total. The number of nitrogens with zero attached hydrogens (tertiary/aromatic N) is 1. The van der Waals surface area contributed by atoms with E-state index in [-0.39, 0.29) is 6.54 Å². The number of ether oxygens (including phenoxy) is 1. The minimum absolute atomic E-state index is 0.252. The Labute approximate surface area is 94.7 Å². The van der Waals surface area contributed by atoms with Gasteiger partial charge in [0.15, 0.2) is 0 Å². The molecular formula is C12H17F2NO. The van der Waals surface area contributed by atoms with Gasteiger partial charge < -0.3 is 4.74 Å². The summed E-state index contributed by atoms with van der Waals surface area (Å²) in [6.07, 6.45) is 2.42. The molecule has 0 radical (unpaired) electrons. The fraction of sp³-hybridized carbons (Fsp3) is 0.500. The Kier molecular flexibility index (Phi) is 5.78. The van der Waals surface area contributed by atoms with Crippen molar-refractivity contribution in [2.45, 2.75) is 26.2 Å². The van der Waals surface area contributed by atoms with Crippen molar-refractivity contribution in [3.8, 4) is 5.75 Å². The van der Waals surface area contributed by atoms with Gasteiger partial charge in [0, 0.05) is 5.34 Å². The predicted octanol–water partition coefficient (Wildman–Crippen LogP) is 3.48. The molecule has 0 aliphatic carbocycles. The minimum atomic E-state index is -0.801. The summed E-state index contributed by atoms with van der Waals surface area (Å²) < 4.78 is 29.2. The Bertz CT molecular complexity index is 305. The molecule has 0 N–H and O–H groups in total. The van der Waals surface area contributed by atoms with Crippen LogP contribution in [0.15, 0.2) is 24.3 Å². The molecule has 0 saturated carbocycles. The van der Waals surface area contributed by atoms with E-state index in [4.69, 9.17) is 4.74 Å². The lowest BCUT2D eigenvalue weighted by molar-refractivity contribution is -0.151. The Morgan fingerprint density at radius 1 is 1.31 bits per heavy atom. The second-order valence-electron chi connectivity index (χ2n) is 3.63. The summed E-state index contributed by atoms with van der Waals surface area (Å²) in [7, 11) is 0. The smallest absolute Gasteiger partial charge is 0.119 e. The first-order valence-corrected chi connectivity index (χ1v) is 5.53. The van der Waals surface area contributed by atoms with Crippen molar-refractivity contribution >= 4 is 0 Å². The van der Waals surface area contributed by atoms with Crippen LogP contribution in [0.5, 0.6) is 5.75 Å². The van der Waals surface area contributed by atoms with Crippen molar-refractivity contribution in [2.24, 2.45) is 0 Å². The highest BCUT2D eigenvalue weighted by Crippen LogP contribution is 2.14. The zero-order valence-electron chi connectivity index (χ0n) is 9.46. The lowest BCUT2D eigenvalue weighted by atomic mass is 10.1. The van der Waals surface area contributed by atoms with Gasteiger partial charge in [-0.1, -0.05) is 25.5 Å². The summed E-state index contributed by atoms with van der Waals surface area (Å²) >= 11 is 0. The highest BCUT2D eigenvalue weighted by Gasteiger charge is 2.01. The molecular weight excluding hydrogens is 212 g/mol. The second-order valence-corrected chi connectivity index (χ2v) is 3.63. The topological polar surface area (TPSA) is 12.5 Å². The Hall–Kier alpha value is -1.16. The number of benzene rings is 1. The van der Waals surface area contributed by atoms with E-state index < -0.39 is 5.34 Å². The molecule has 4 heteroatoms. The minimum Gasteiger partial charge on any atom is -0.494 e. The molecule has 0 fully saturated rings. The zero-order chi connectivity index (χ0) is 11.8. The Morgan fingerprint density at radius 3 is 2.81 bits per heavy atom. The van der Waals surface area contributed by atoms with Crippen LogP contribution in [0.2, 0.25) is 0 Å². The molecule has 16 heavy (non-hydrogen) atoms. The van der Waals surface area contributed by atoms with Gasteiger partial charge >= 0.3 is 0 Å². The Balaban J connectivity index is 2.43. The molecule has 0 amide bonds. The van der Waals surface area contributed by atoms with Gasteiger partial charge in [-0.15, -0.1) is 8.96 Å². The van der Waals surface area contributed by atoms with Crippen molar-refractivity contribution in [1.29, 1.82) is 0 Å². The van der Waals surface area contributed by atoms with E-state index >= 15 is 0 Å². The van der Waals surface area contributed by atoms with Gasteiger partial charge in [-0.25, -0.2) is 0 Å². The highest BCUT2D eigenvalue weighted by molar-refractivity contribution is 5.28. The van der Waals surface area contributed by atoms with E-state index in [1.807, 2.05) is 24.3 Å². The summed E-state index contributed by atoms with van der Waals surface area (Å²) in [5.74, 6) is 0.759. The van der Waals surface area contributed by atoms with Gasteiger partial charge in [-0.3, -0.25) is 0 Å². The summed E-state index contributed by atoms with van der Waals surface area (Å²) in [5, 5.41) is -0.801. The van der Waals surface area contributed by atoms with E-state index in [0.717, 1.165) is 24.2 Å².